The monoisotopic (exact) mass is 267 g/mol. The average Bonchev–Trinajstić information content (AvgIpc) is 3.01. The first-order valence-corrected chi connectivity index (χ1v) is 6.09. The maximum Gasteiger partial charge on any atom is 0.144 e. The third-order valence-corrected chi connectivity index (χ3v) is 2.97. The molecule has 0 amide bonds. The van der Waals surface area contributed by atoms with Crippen LogP contribution in [0.25, 0.3) is 16.9 Å². The molecule has 3 rings (SSSR count). The smallest absolute Gasteiger partial charge is 0.144 e. The number of phenols is 1. The first-order valence-electron chi connectivity index (χ1n) is 6.09. The van der Waals surface area contributed by atoms with Crippen LogP contribution >= 0.6 is 0 Å². The lowest BCUT2D eigenvalue weighted by Gasteiger charge is -2.08. The van der Waals surface area contributed by atoms with Gasteiger partial charge in [-0.25, -0.2) is 9.97 Å². The van der Waals surface area contributed by atoms with E-state index in [-0.39, 0.29) is 5.75 Å². The van der Waals surface area contributed by atoms with Gasteiger partial charge in [-0.05, 0) is 12.1 Å². The van der Waals surface area contributed by atoms with E-state index in [1.807, 2.05) is 22.9 Å². The zero-order valence-electron chi connectivity index (χ0n) is 10.9. The van der Waals surface area contributed by atoms with E-state index in [9.17, 15) is 5.11 Å². The van der Waals surface area contributed by atoms with Crippen molar-refractivity contribution in [1.29, 1.82) is 0 Å². The Hall–Kier alpha value is -2.89. The van der Waals surface area contributed by atoms with E-state index in [1.165, 1.54) is 0 Å². The fourth-order valence-electron chi connectivity index (χ4n) is 1.91. The van der Waals surface area contributed by atoms with Crippen LogP contribution in [0.3, 0.4) is 0 Å². The first kappa shape index (κ1) is 12.2. The van der Waals surface area contributed by atoms with Crippen LogP contribution in [-0.4, -0.2) is 31.7 Å². The van der Waals surface area contributed by atoms with Crippen LogP contribution in [0.4, 0.5) is 5.82 Å². The van der Waals surface area contributed by atoms with Crippen LogP contribution in [0.5, 0.6) is 5.75 Å². The Morgan fingerprint density at radius 1 is 1.20 bits per heavy atom. The van der Waals surface area contributed by atoms with Crippen molar-refractivity contribution in [1.82, 2.24) is 19.5 Å². The molecule has 1 aromatic carbocycles. The van der Waals surface area contributed by atoms with Crippen molar-refractivity contribution in [3.05, 3.63) is 49.3 Å². The van der Waals surface area contributed by atoms with Crippen molar-refractivity contribution in [2.24, 2.45) is 0 Å². The summed E-state index contributed by atoms with van der Waals surface area (Å²) in [6, 6.07) is 5.38. The molecular weight excluding hydrogens is 254 g/mol. The molecule has 0 aliphatic rings. The molecule has 100 valence electrons. The summed E-state index contributed by atoms with van der Waals surface area (Å²) in [5.41, 5.74) is 2.10. The molecule has 0 unspecified atom stereocenters. The van der Waals surface area contributed by atoms with E-state index < -0.39 is 0 Å². The van der Waals surface area contributed by atoms with Gasteiger partial charge in [-0.15, -0.1) is 0 Å². The number of hydrogen-bond donors (Lipinski definition) is 2. The van der Waals surface area contributed by atoms with E-state index in [0.29, 0.717) is 17.1 Å². The lowest BCUT2D eigenvalue weighted by molar-refractivity contribution is 0.477. The summed E-state index contributed by atoms with van der Waals surface area (Å²) in [4.78, 5) is 12.4. The van der Waals surface area contributed by atoms with E-state index in [1.54, 1.807) is 38.0 Å². The van der Waals surface area contributed by atoms with E-state index in [4.69, 9.17) is 0 Å². The number of anilines is 1. The van der Waals surface area contributed by atoms with Gasteiger partial charge in [0, 0.05) is 31.1 Å². The van der Waals surface area contributed by atoms with Gasteiger partial charge in [-0.3, -0.25) is 4.98 Å². The van der Waals surface area contributed by atoms with Crippen molar-refractivity contribution in [3.8, 4) is 22.7 Å². The largest absolute Gasteiger partial charge is 0.507 e. The second-order valence-corrected chi connectivity index (χ2v) is 4.21. The second kappa shape index (κ2) is 5.00. The summed E-state index contributed by atoms with van der Waals surface area (Å²) in [6.07, 6.45) is 8.43. The maximum atomic E-state index is 10.2. The van der Waals surface area contributed by atoms with E-state index >= 15 is 0 Å². The summed E-state index contributed by atoms with van der Waals surface area (Å²) in [6.45, 7) is 0. The molecule has 20 heavy (non-hydrogen) atoms. The molecule has 0 saturated carbocycles. The van der Waals surface area contributed by atoms with Gasteiger partial charge in [-0.1, -0.05) is 0 Å². The number of imidazole rings is 1. The number of hydrogen-bond acceptors (Lipinski definition) is 5. The highest BCUT2D eigenvalue weighted by molar-refractivity contribution is 5.68. The highest BCUT2D eigenvalue weighted by Crippen LogP contribution is 2.29. The molecule has 2 aromatic heterocycles. The number of benzene rings is 1. The van der Waals surface area contributed by atoms with Crippen molar-refractivity contribution in [2.75, 3.05) is 12.4 Å². The van der Waals surface area contributed by atoms with Crippen LogP contribution in [0.1, 0.15) is 0 Å². The Kier molecular flexibility index (Phi) is 3.04. The van der Waals surface area contributed by atoms with Gasteiger partial charge in [0.15, 0.2) is 0 Å². The molecule has 0 radical (unpaired) electrons. The zero-order chi connectivity index (χ0) is 13.9. The Bertz CT molecular complexity index is 707. The lowest BCUT2D eigenvalue weighted by atomic mass is 10.1. The number of phenolic OH excluding ortho intramolecular Hbond substituents is 1. The molecular formula is C14H13N5O. The Balaban J connectivity index is 1.98. The van der Waals surface area contributed by atoms with Gasteiger partial charge in [0.25, 0.3) is 0 Å². The van der Waals surface area contributed by atoms with Crippen LogP contribution < -0.4 is 5.32 Å². The van der Waals surface area contributed by atoms with Crippen molar-refractivity contribution >= 4 is 5.82 Å². The minimum Gasteiger partial charge on any atom is -0.507 e. The minimum atomic E-state index is 0.155. The predicted octanol–water partition coefficient (Wildman–Crippen LogP) is 2.08. The van der Waals surface area contributed by atoms with Gasteiger partial charge in [0.2, 0.25) is 0 Å². The molecule has 2 heterocycles. The molecule has 0 aliphatic heterocycles. The number of nitrogens with zero attached hydrogens (tertiary/aromatic N) is 4. The normalized spacial score (nSPS) is 10.4. The molecule has 2 N–H and O–H groups in total. The summed E-state index contributed by atoms with van der Waals surface area (Å²) in [5, 5.41) is 13.1. The quantitative estimate of drug-likeness (QED) is 0.759. The van der Waals surface area contributed by atoms with Gasteiger partial charge in [0.1, 0.15) is 11.6 Å². The summed E-state index contributed by atoms with van der Waals surface area (Å²) in [7, 11) is 1.78. The van der Waals surface area contributed by atoms with E-state index in [2.05, 4.69) is 20.3 Å². The molecule has 0 saturated heterocycles. The number of rotatable bonds is 3. The molecule has 0 fully saturated rings. The molecule has 3 aromatic rings. The van der Waals surface area contributed by atoms with Gasteiger partial charge in [-0.2, -0.15) is 0 Å². The second-order valence-electron chi connectivity index (χ2n) is 4.21. The number of aromatic nitrogens is 4. The minimum absolute atomic E-state index is 0.155. The van der Waals surface area contributed by atoms with Crippen molar-refractivity contribution in [2.45, 2.75) is 0 Å². The fraction of sp³-hybridized carbons (Fsp3) is 0.0714. The molecule has 0 atom stereocenters. The molecule has 6 nitrogen and oxygen atoms in total. The zero-order valence-corrected chi connectivity index (χ0v) is 10.9. The summed E-state index contributed by atoms with van der Waals surface area (Å²) >= 11 is 0. The highest BCUT2D eigenvalue weighted by atomic mass is 16.3. The molecule has 0 aliphatic carbocycles. The Morgan fingerprint density at radius 3 is 2.70 bits per heavy atom. The average molecular weight is 267 g/mol. The van der Waals surface area contributed by atoms with Gasteiger partial charge >= 0.3 is 0 Å². The maximum absolute atomic E-state index is 10.2. The van der Waals surface area contributed by atoms with Crippen molar-refractivity contribution < 1.29 is 5.11 Å². The van der Waals surface area contributed by atoms with Crippen molar-refractivity contribution in [3.63, 3.8) is 0 Å². The third-order valence-electron chi connectivity index (χ3n) is 2.97. The third kappa shape index (κ3) is 2.18. The molecule has 0 spiro atoms. The Labute approximate surface area is 115 Å². The van der Waals surface area contributed by atoms with Gasteiger partial charge in [0.05, 0.1) is 30.1 Å². The van der Waals surface area contributed by atoms with Crippen LogP contribution in [0.15, 0.2) is 49.3 Å². The van der Waals surface area contributed by atoms with Gasteiger partial charge < -0.3 is 15.0 Å². The molecule has 0 bridgehead atoms. The predicted molar refractivity (Wildman–Crippen MR) is 75.8 cm³/mol. The number of aromatic hydroxyl groups is 1. The van der Waals surface area contributed by atoms with Crippen LogP contribution in [-0.2, 0) is 0 Å². The standard InChI is InChI=1S/C14H13N5O/c1-15-14-8-17-12(7-18-14)11-3-2-10(6-13(11)20)19-5-4-16-9-19/h2-9,20H,1H3,(H,15,18). The number of nitrogens with one attached hydrogen (secondary N) is 1. The summed E-state index contributed by atoms with van der Waals surface area (Å²) < 4.78 is 1.82. The topological polar surface area (TPSA) is 75.9 Å². The van der Waals surface area contributed by atoms with Crippen LogP contribution in [0, 0.1) is 0 Å². The fourth-order valence-corrected chi connectivity index (χ4v) is 1.91. The van der Waals surface area contributed by atoms with E-state index in [0.717, 1.165) is 5.69 Å². The highest BCUT2D eigenvalue weighted by Gasteiger charge is 2.08. The first-order chi connectivity index (χ1) is 9.78. The summed E-state index contributed by atoms with van der Waals surface area (Å²) in [5.74, 6) is 0.839. The molecule has 6 heteroatoms. The van der Waals surface area contributed by atoms with Crippen LogP contribution in [0.2, 0.25) is 0 Å². The Morgan fingerprint density at radius 2 is 2.10 bits per heavy atom. The lowest BCUT2D eigenvalue weighted by Crippen LogP contribution is -1.95. The SMILES string of the molecule is CNc1cnc(-c2ccc(-n3ccnc3)cc2O)cn1.